The third kappa shape index (κ3) is 3.94. The van der Waals surface area contributed by atoms with E-state index in [0.717, 1.165) is 13.1 Å². The molecule has 1 heteroatoms. The Bertz CT molecular complexity index is 510. The van der Waals surface area contributed by atoms with E-state index in [0.29, 0.717) is 5.92 Å². The minimum atomic E-state index is 0.613. The average Bonchev–Trinajstić information content (AvgIpc) is 2.46. The summed E-state index contributed by atoms with van der Waals surface area (Å²) in [4.78, 5) is 0. The number of nitrogens with one attached hydrogen (secondary N) is 1. The Labute approximate surface area is 123 Å². The molecule has 0 amide bonds. The molecule has 0 aliphatic heterocycles. The number of hydrogen-bond acceptors (Lipinski definition) is 1. The molecule has 2 aromatic carbocycles. The van der Waals surface area contributed by atoms with E-state index >= 15 is 0 Å². The smallest absolute Gasteiger partial charge is 0.0210 e. The van der Waals surface area contributed by atoms with Crippen LogP contribution in [0.15, 0.2) is 48.5 Å². The van der Waals surface area contributed by atoms with Crippen LogP contribution in [-0.4, -0.2) is 6.54 Å². The average molecular weight is 267 g/mol. The quantitative estimate of drug-likeness (QED) is 0.755. The van der Waals surface area contributed by atoms with Gasteiger partial charge in [0.2, 0.25) is 0 Å². The van der Waals surface area contributed by atoms with Gasteiger partial charge in [0.25, 0.3) is 0 Å². The predicted octanol–water partition coefficient (Wildman–Crippen LogP) is 4.59. The van der Waals surface area contributed by atoms with E-state index in [9.17, 15) is 0 Å². The fourth-order valence-electron chi connectivity index (χ4n) is 2.61. The number of hydrogen-bond donors (Lipinski definition) is 1. The Morgan fingerprint density at radius 1 is 0.900 bits per heavy atom. The van der Waals surface area contributed by atoms with Crippen molar-refractivity contribution in [2.24, 2.45) is 0 Å². The van der Waals surface area contributed by atoms with Crippen LogP contribution in [0.3, 0.4) is 0 Å². The Morgan fingerprint density at radius 3 is 2.20 bits per heavy atom. The molecule has 1 nitrogen and oxygen atoms in total. The van der Waals surface area contributed by atoms with Crippen molar-refractivity contribution in [3.05, 3.63) is 70.8 Å². The Hall–Kier alpha value is -1.60. The first-order valence-corrected chi connectivity index (χ1v) is 7.49. The van der Waals surface area contributed by atoms with Crippen molar-refractivity contribution in [3.8, 4) is 0 Å². The van der Waals surface area contributed by atoms with Crippen LogP contribution in [0.2, 0.25) is 0 Å². The molecule has 0 aromatic heterocycles. The number of rotatable bonds is 6. The molecule has 0 saturated heterocycles. The Kier molecular flexibility index (Phi) is 5.37. The molecule has 2 rings (SSSR count). The summed E-state index contributed by atoms with van der Waals surface area (Å²) in [6, 6.07) is 17.3. The molecule has 0 heterocycles. The topological polar surface area (TPSA) is 12.0 Å². The zero-order valence-corrected chi connectivity index (χ0v) is 12.8. The van der Waals surface area contributed by atoms with Crippen molar-refractivity contribution in [2.45, 2.75) is 39.7 Å². The zero-order chi connectivity index (χ0) is 14.4. The first kappa shape index (κ1) is 14.8. The molecule has 20 heavy (non-hydrogen) atoms. The van der Waals surface area contributed by atoms with Crippen LogP contribution in [0, 0.1) is 13.8 Å². The van der Waals surface area contributed by atoms with Crippen molar-refractivity contribution < 1.29 is 0 Å². The van der Waals surface area contributed by atoms with E-state index < -0.39 is 0 Å². The number of aryl methyl sites for hydroxylation is 2. The largest absolute Gasteiger partial charge is 0.313 e. The molecule has 0 aliphatic carbocycles. The lowest BCUT2D eigenvalue weighted by Crippen LogP contribution is -2.17. The molecule has 0 bridgehead atoms. The van der Waals surface area contributed by atoms with Gasteiger partial charge in [0.1, 0.15) is 0 Å². The minimum absolute atomic E-state index is 0.613. The normalized spacial score (nSPS) is 12.3. The summed E-state index contributed by atoms with van der Waals surface area (Å²) in [7, 11) is 0. The second-order valence-electron chi connectivity index (χ2n) is 5.65. The molecular weight excluding hydrogens is 242 g/mol. The predicted molar refractivity (Wildman–Crippen MR) is 87.1 cm³/mol. The second kappa shape index (κ2) is 7.25. The molecule has 0 fully saturated rings. The standard InChI is InChI=1S/C19H25N/c1-15(18-10-5-4-6-11-18)12-13-20-14-19-16(2)8-7-9-17(19)3/h4-11,15,20H,12-14H2,1-3H3. The summed E-state index contributed by atoms with van der Waals surface area (Å²) in [6.07, 6.45) is 1.18. The summed E-state index contributed by atoms with van der Waals surface area (Å²) in [6.45, 7) is 8.72. The van der Waals surface area contributed by atoms with E-state index in [-0.39, 0.29) is 0 Å². The maximum Gasteiger partial charge on any atom is 0.0210 e. The van der Waals surface area contributed by atoms with Gasteiger partial charge in [-0.3, -0.25) is 0 Å². The van der Waals surface area contributed by atoms with Gasteiger partial charge in [0, 0.05) is 6.54 Å². The summed E-state index contributed by atoms with van der Waals surface area (Å²) < 4.78 is 0. The van der Waals surface area contributed by atoms with Crippen molar-refractivity contribution in [1.29, 1.82) is 0 Å². The lowest BCUT2D eigenvalue weighted by Gasteiger charge is -2.14. The molecular formula is C19H25N. The van der Waals surface area contributed by atoms with Crippen molar-refractivity contribution in [2.75, 3.05) is 6.54 Å². The van der Waals surface area contributed by atoms with E-state index in [4.69, 9.17) is 0 Å². The van der Waals surface area contributed by atoms with Crippen LogP contribution in [-0.2, 0) is 6.54 Å². The fraction of sp³-hybridized carbons (Fsp3) is 0.368. The first-order valence-electron chi connectivity index (χ1n) is 7.49. The van der Waals surface area contributed by atoms with E-state index in [1.165, 1.54) is 28.7 Å². The molecule has 1 N–H and O–H groups in total. The monoisotopic (exact) mass is 267 g/mol. The van der Waals surface area contributed by atoms with Crippen molar-refractivity contribution >= 4 is 0 Å². The highest BCUT2D eigenvalue weighted by molar-refractivity contribution is 5.33. The van der Waals surface area contributed by atoms with Gasteiger partial charge in [-0.2, -0.15) is 0 Å². The third-order valence-electron chi connectivity index (χ3n) is 4.07. The molecule has 0 aliphatic rings. The van der Waals surface area contributed by atoms with Crippen LogP contribution in [0.4, 0.5) is 0 Å². The summed E-state index contributed by atoms with van der Waals surface area (Å²) in [5.74, 6) is 0.613. The van der Waals surface area contributed by atoms with E-state index in [1.54, 1.807) is 0 Å². The highest BCUT2D eigenvalue weighted by atomic mass is 14.8. The molecule has 0 spiro atoms. The van der Waals surface area contributed by atoms with Gasteiger partial charge in [-0.1, -0.05) is 55.5 Å². The van der Waals surface area contributed by atoms with Crippen LogP contribution in [0.1, 0.15) is 41.5 Å². The highest BCUT2D eigenvalue weighted by Crippen LogP contribution is 2.18. The van der Waals surface area contributed by atoms with Crippen molar-refractivity contribution in [3.63, 3.8) is 0 Å². The van der Waals surface area contributed by atoms with Gasteiger partial charge in [-0.25, -0.2) is 0 Å². The molecule has 1 unspecified atom stereocenters. The van der Waals surface area contributed by atoms with Gasteiger partial charge in [-0.15, -0.1) is 0 Å². The zero-order valence-electron chi connectivity index (χ0n) is 12.8. The van der Waals surface area contributed by atoms with Crippen LogP contribution >= 0.6 is 0 Å². The molecule has 1 atom stereocenters. The van der Waals surface area contributed by atoms with Crippen molar-refractivity contribution in [1.82, 2.24) is 5.32 Å². The summed E-state index contributed by atoms with van der Waals surface area (Å²) in [5, 5.41) is 3.58. The lowest BCUT2D eigenvalue weighted by molar-refractivity contribution is 0.592. The highest BCUT2D eigenvalue weighted by Gasteiger charge is 2.05. The number of benzene rings is 2. The van der Waals surface area contributed by atoms with Gasteiger partial charge in [0.05, 0.1) is 0 Å². The van der Waals surface area contributed by atoms with Gasteiger partial charge >= 0.3 is 0 Å². The van der Waals surface area contributed by atoms with Gasteiger partial charge in [0.15, 0.2) is 0 Å². The minimum Gasteiger partial charge on any atom is -0.313 e. The SMILES string of the molecule is Cc1cccc(C)c1CNCCC(C)c1ccccc1. The summed E-state index contributed by atoms with van der Waals surface area (Å²) in [5.41, 5.74) is 5.64. The van der Waals surface area contributed by atoms with E-state index in [1.807, 2.05) is 0 Å². The molecule has 2 aromatic rings. The molecule has 106 valence electrons. The second-order valence-corrected chi connectivity index (χ2v) is 5.65. The van der Waals surface area contributed by atoms with Crippen LogP contribution < -0.4 is 5.32 Å². The fourth-order valence-corrected chi connectivity index (χ4v) is 2.61. The Morgan fingerprint density at radius 2 is 1.55 bits per heavy atom. The van der Waals surface area contributed by atoms with E-state index in [2.05, 4.69) is 74.6 Å². The first-order chi connectivity index (χ1) is 9.68. The maximum absolute atomic E-state index is 3.58. The third-order valence-corrected chi connectivity index (χ3v) is 4.07. The molecule has 0 saturated carbocycles. The van der Waals surface area contributed by atoms with Gasteiger partial charge in [-0.05, 0) is 55.0 Å². The maximum atomic E-state index is 3.58. The molecule has 0 radical (unpaired) electrons. The Balaban J connectivity index is 1.80. The summed E-state index contributed by atoms with van der Waals surface area (Å²) >= 11 is 0. The van der Waals surface area contributed by atoms with Crippen LogP contribution in [0.5, 0.6) is 0 Å². The lowest BCUT2D eigenvalue weighted by atomic mass is 9.98. The van der Waals surface area contributed by atoms with Gasteiger partial charge < -0.3 is 5.32 Å². The van der Waals surface area contributed by atoms with Crippen LogP contribution in [0.25, 0.3) is 0 Å².